The fourth-order valence-electron chi connectivity index (χ4n) is 2.60. The zero-order valence-electron chi connectivity index (χ0n) is 19.3. The van der Waals surface area contributed by atoms with Gasteiger partial charge in [-0.15, -0.1) is 0 Å². The Hall–Kier alpha value is -1.10. The third-order valence-corrected chi connectivity index (χ3v) is 6.14. The van der Waals surface area contributed by atoms with Crippen molar-refractivity contribution in [3.8, 4) is 11.5 Å². The quantitative estimate of drug-likeness (QED) is 0.452. The van der Waals surface area contributed by atoms with Crippen molar-refractivity contribution in [1.82, 2.24) is 0 Å². The first-order chi connectivity index (χ1) is 12.6. The highest BCUT2D eigenvalue weighted by molar-refractivity contribution is 6.71. The van der Waals surface area contributed by atoms with Gasteiger partial charge in [-0.25, -0.2) is 0 Å². The van der Waals surface area contributed by atoms with Crippen molar-refractivity contribution in [1.29, 1.82) is 0 Å². The van der Waals surface area contributed by atoms with E-state index in [1.54, 1.807) is 7.11 Å². The van der Waals surface area contributed by atoms with Crippen LogP contribution in [0.1, 0.15) is 12.0 Å². The smallest absolute Gasteiger partial charge is 0.320 e. The first-order valence-electron chi connectivity index (χ1n) is 9.86. The number of hydrogen-bond acceptors (Lipinski definition) is 5. The highest BCUT2D eigenvalue weighted by atomic mass is 28.4. The van der Waals surface area contributed by atoms with E-state index in [0.717, 1.165) is 17.1 Å². The molecule has 0 spiro atoms. The normalized spacial score (nSPS) is 13.8. The summed E-state index contributed by atoms with van der Waals surface area (Å²) < 4.78 is 23.5. The molecule has 160 valence electrons. The monoisotopic (exact) mass is 442 g/mol. The van der Waals surface area contributed by atoms with Crippen LogP contribution in [0.3, 0.4) is 0 Å². The van der Waals surface area contributed by atoms with Crippen LogP contribution in [0.25, 0.3) is 0 Å². The lowest BCUT2D eigenvalue weighted by Gasteiger charge is -2.28. The molecule has 8 heteroatoms. The van der Waals surface area contributed by atoms with Crippen LogP contribution in [-0.2, 0) is 20.1 Å². The van der Waals surface area contributed by atoms with Crippen molar-refractivity contribution >= 4 is 30.9 Å². The van der Waals surface area contributed by atoms with Crippen molar-refractivity contribution in [2.45, 2.75) is 77.9 Å². The molecule has 0 N–H and O–H groups in total. The molecule has 1 rings (SSSR count). The van der Waals surface area contributed by atoms with E-state index < -0.39 is 31.1 Å². The zero-order chi connectivity index (χ0) is 21.8. The van der Waals surface area contributed by atoms with E-state index in [1.807, 2.05) is 37.8 Å². The first-order valence-corrected chi connectivity index (χ1v) is 20.1. The average molecular weight is 443 g/mol. The number of rotatable bonds is 10. The summed E-state index contributed by atoms with van der Waals surface area (Å²) in [6.45, 7) is 18.7. The molecular weight excluding hydrogens is 404 g/mol. The molecule has 28 heavy (non-hydrogen) atoms. The number of carbonyl (C=O) groups is 1. The lowest BCUT2D eigenvalue weighted by molar-refractivity contribution is -0.143. The Balaban J connectivity index is 2.92. The van der Waals surface area contributed by atoms with Gasteiger partial charge in [0.1, 0.15) is 11.9 Å². The van der Waals surface area contributed by atoms with Crippen LogP contribution in [0.15, 0.2) is 18.2 Å². The Bertz CT molecular complexity index is 657. The van der Waals surface area contributed by atoms with E-state index in [-0.39, 0.29) is 5.97 Å². The highest BCUT2D eigenvalue weighted by Gasteiger charge is 2.31. The second-order valence-corrected chi connectivity index (χ2v) is 23.3. The molecule has 0 amide bonds. The topological polar surface area (TPSA) is 54.0 Å². The van der Waals surface area contributed by atoms with Crippen LogP contribution < -0.4 is 9.16 Å². The molecule has 1 aromatic carbocycles. The van der Waals surface area contributed by atoms with Gasteiger partial charge in [0.15, 0.2) is 14.1 Å². The minimum Gasteiger partial charge on any atom is -0.542 e. The van der Waals surface area contributed by atoms with Crippen molar-refractivity contribution in [3.63, 3.8) is 0 Å². The van der Waals surface area contributed by atoms with Gasteiger partial charge in [-0.05, 0) is 89.5 Å². The molecule has 1 atom stereocenters. The van der Waals surface area contributed by atoms with Gasteiger partial charge < -0.3 is 18.0 Å². The van der Waals surface area contributed by atoms with Gasteiger partial charge in [0.25, 0.3) is 0 Å². The van der Waals surface area contributed by atoms with E-state index in [2.05, 4.69) is 39.3 Å². The number of methoxy groups -OCH3 is 1. The van der Waals surface area contributed by atoms with Crippen molar-refractivity contribution < 1.29 is 22.8 Å². The largest absolute Gasteiger partial charge is 0.542 e. The van der Waals surface area contributed by atoms with Gasteiger partial charge in [-0.2, -0.15) is 0 Å². The summed E-state index contributed by atoms with van der Waals surface area (Å²) in [5, 5.41) is 0. The van der Waals surface area contributed by atoms with Crippen LogP contribution in [-0.4, -0.2) is 44.1 Å². The van der Waals surface area contributed by atoms with Crippen molar-refractivity contribution in [2.24, 2.45) is 0 Å². The van der Waals surface area contributed by atoms with Gasteiger partial charge in [-0.3, -0.25) is 4.79 Å². The SMILES string of the molecule is COc1cc(CCC(O[Si](C)(C)C)C(=O)O[Si](C)(C)C)ccc1O[Si](C)(C)C. The van der Waals surface area contributed by atoms with Gasteiger partial charge >= 0.3 is 5.97 Å². The Labute approximate surface area is 174 Å². The Morgan fingerprint density at radius 3 is 1.96 bits per heavy atom. The molecule has 0 bridgehead atoms. The standard InChI is InChI=1S/C20H38O5Si3/c1-22-19-15-16(11-13-17(19)23-26(2,3)4)12-14-18(24-27(5,6)7)20(21)25-28(8,9)10/h11,13,15,18H,12,14H2,1-10H3. The summed E-state index contributed by atoms with van der Waals surface area (Å²) in [5.74, 6) is 1.28. The molecule has 0 heterocycles. The van der Waals surface area contributed by atoms with Gasteiger partial charge in [0.05, 0.1) is 7.11 Å². The van der Waals surface area contributed by atoms with E-state index in [9.17, 15) is 4.79 Å². The summed E-state index contributed by atoms with van der Waals surface area (Å²) >= 11 is 0. The summed E-state index contributed by atoms with van der Waals surface area (Å²) in [4.78, 5) is 12.7. The lowest BCUT2D eigenvalue weighted by atomic mass is 10.1. The van der Waals surface area contributed by atoms with Gasteiger partial charge in [0, 0.05) is 0 Å². The summed E-state index contributed by atoms with van der Waals surface area (Å²) in [5.41, 5.74) is 1.09. The molecule has 1 aromatic rings. The van der Waals surface area contributed by atoms with E-state index in [1.165, 1.54) is 0 Å². The zero-order valence-corrected chi connectivity index (χ0v) is 22.3. The Morgan fingerprint density at radius 2 is 1.50 bits per heavy atom. The second kappa shape index (κ2) is 9.60. The molecule has 0 saturated carbocycles. The third kappa shape index (κ3) is 9.90. The Morgan fingerprint density at radius 1 is 0.893 bits per heavy atom. The minimum atomic E-state index is -1.96. The molecule has 0 aliphatic carbocycles. The van der Waals surface area contributed by atoms with Crippen LogP contribution in [0, 0.1) is 0 Å². The van der Waals surface area contributed by atoms with Gasteiger partial charge in [-0.1, -0.05) is 6.07 Å². The maximum atomic E-state index is 12.7. The molecule has 0 aromatic heterocycles. The Kier molecular flexibility index (Phi) is 8.55. The highest BCUT2D eigenvalue weighted by Crippen LogP contribution is 2.31. The second-order valence-electron chi connectivity index (χ2n) is 9.99. The first kappa shape index (κ1) is 24.9. The van der Waals surface area contributed by atoms with Gasteiger partial charge in [0.2, 0.25) is 16.6 Å². The molecule has 0 aliphatic heterocycles. The molecule has 0 saturated heterocycles. The van der Waals surface area contributed by atoms with E-state index in [0.29, 0.717) is 12.8 Å². The van der Waals surface area contributed by atoms with E-state index >= 15 is 0 Å². The minimum absolute atomic E-state index is 0.229. The maximum Gasteiger partial charge on any atom is 0.320 e. The molecular formula is C20H38O5Si3. The van der Waals surface area contributed by atoms with Crippen molar-refractivity contribution in [2.75, 3.05) is 7.11 Å². The fraction of sp³-hybridized carbons (Fsp3) is 0.650. The van der Waals surface area contributed by atoms with Crippen LogP contribution in [0.2, 0.25) is 58.9 Å². The average Bonchev–Trinajstić information content (AvgIpc) is 2.48. The summed E-state index contributed by atoms with van der Waals surface area (Å²) in [6.07, 6.45) is 0.770. The predicted octanol–water partition coefficient (Wildman–Crippen LogP) is 5.44. The maximum absolute atomic E-state index is 12.7. The van der Waals surface area contributed by atoms with Crippen LogP contribution in [0.4, 0.5) is 0 Å². The lowest BCUT2D eigenvalue weighted by Crippen LogP contribution is -2.42. The van der Waals surface area contributed by atoms with E-state index in [4.69, 9.17) is 18.0 Å². The number of aryl methyl sites for hydroxylation is 1. The molecule has 0 radical (unpaired) electrons. The molecule has 5 nitrogen and oxygen atoms in total. The number of carbonyl (C=O) groups excluding carboxylic acids is 1. The summed E-state index contributed by atoms with van der Waals surface area (Å²) in [7, 11) is -3.90. The van der Waals surface area contributed by atoms with Crippen molar-refractivity contribution in [3.05, 3.63) is 23.8 Å². The predicted molar refractivity (Wildman–Crippen MR) is 123 cm³/mol. The number of benzene rings is 1. The molecule has 0 fully saturated rings. The fourth-order valence-corrected chi connectivity index (χ4v) is 5.23. The summed E-state index contributed by atoms with van der Waals surface area (Å²) in [6, 6.07) is 5.99. The van der Waals surface area contributed by atoms with Crippen LogP contribution >= 0.6 is 0 Å². The molecule has 0 aliphatic rings. The third-order valence-electron chi connectivity index (χ3n) is 3.50. The van der Waals surface area contributed by atoms with Crippen LogP contribution in [0.5, 0.6) is 11.5 Å². The number of ether oxygens (including phenoxy) is 1. The molecule has 1 unspecified atom stereocenters. The number of hydrogen-bond donors (Lipinski definition) is 0.